The Morgan fingerprint density at radius 1 is 1.50 bits per heavy atom. The summed E-state index contributed by atoms with van der Waals surface area (Å²) in [5.74, 6) is -1.49. The van der Waals surface area contributed by atoms with Crippen molar-refractivity contribution in [2.24, 2.45) is 0 Å². The summed E-state index contributed by atoms with van der Waals surface area (Å²) in [5.41, 5.74) is -0.322. The quantitative estimate of drug-likeness (QED) is 0.785. The van der Waals surface area contributed by atoms with Crippen LogP contribution < -0.4 is 0 Å². The first kappa shape index (κ1) is 10.6. The Balaban J connectivity index is 2.56. The zero-order valence-corrected chi connectivity index (χ0v) is 8.27. The third-order valence-corrected chi connectivity index (χ3v) is 1.28. The highest BCUT2D eigenvalue weighted by atomic mass is 16.5. The summed E-state index contributed by atoms with van der Waals surface area (Å²) in [7, 11) is 0. The predicted octanol–water partition coefficient (Wildman–Crippen LogP) is 1.08. The molecule has 0 fully saturated rings. The summed E-state index contributed by atoms with van der Waals surface area (Å²) < 4.78 is 10.1. The number of rotatable bonds is 3. The third kappa shape index (κ3) is 3.14. The maximum Gasteiger partial charge on any atom is 0.393 e. The van der Waals surface area contributed by atoms with Gasteiger partial charge >= 0.3 is 11.9 Å². The van der Waals surface area contributed by atoms with Crippen molar-refractivity contribution < 1.29 is 19.1 Å². The Morgan fingerprint density at radius 3 is 2.57 bits per heavy atom. The summed E-state index contributed by atoms with van der Waals surface area (Å²) in [6, 6.07) is 0. The molecule has 1 aromatic rings. The Morgan fingerprint density at radius 2 is 2.14 bits per heavy atom. The molecule has 0 aromatic carbocycles. The summed E-state index contributed by atoms with van der Waals surface area (Å²) in [5, 5.41) is 15.3. The van der Waals surface area contributed by atoms with Gasteiger partial charge in [0, 0.05) is 0 Å². The molecular weight excluding hydrogens is 188 g/mol. The number of aromatic carboxylic acids is 1. The van der Waals surface area contributed by atoms with Gasteiger partial charge in [-0.15, -0.1) is 10.2 Å². The molecule has 1 aromatic heterocycles. The topological polar surface area (TPSA) is 85.5 Å². The molecule has 0 aliphatic carbocycles. The molecule has 1 N–H and O–H groups in total. The molecule has 0 aliphatic heterocycles. The molecule has 0 bridgehead atoms. The monoisotopic (exact) mass is 200 g/mol. The molecule has 1 heterocycles. The van der Waals surface area contributed by atoms with E-state index in [0.29, 0.717) is 0 Å². The highest BCUT2D eigenvalue weighted by molar-refractivity contribution is 5.81. The van der Waals surface area contributed by atoms with Crippen LogP contribution >= 0.6 is 0 Å². The lowest BCUT2D eigenvalue weighted by Crippen LogP contribution is -2.18. The lowest BCUT2D eigenvalue weighted by atomic mass is 10.2. The smallest absolute Gasteiger partial charge is 0.393 e. The minimum atomic E-state index is -1.24. The Bertz CT molecular complexity index is 326. The Hall–Kier alpha value is -1.43. The van der Waals surface area contributed by atoms with Crippen LogP contribution in [0.1, 0.15) is 37.3 Å². The second kappa shape index (κ2) is 3.75. The van der Waals surface area contributed by atoms with E-state index in [0.717, 1.165) is 0 Å². The van der Waals surface area contributed by atoms with E-state index in [-0.39, 0.29) is 18.1 Å². The van der Waals surface area contributed by atoms with Gasteiger partial charge in [0.1, 0.15) is 6.61 Å². The van der Waals surface area contributed by atoms with E-state index in [4.69, 9.17) is 14.3 Å². The summed E-state index contributed by atoms with van der Waals surface area (Å²) in [6.45, 7) is 5.74. The van der Waals surface area contributed by atoms with Gasteiger partial charge in [-0.05, 0) is 20.8 Å². The maximum atomic E-state index is 10.4. The van der Waals surface area contributed by atoms with Crippen LogP contribution in [0, 0.1) is 0 Å². The van der Waals surface area contributed by atoms with Crippen LogP contribution in [0.3, 0.4) is 0 Å². The normalized spacial score (nSPS) is 11.6. The molecule has 14 heavy (non-hydrogen) atoms. The van der Waals surface area contributed by atoms with Crippen molar-refractivity contribution in [3.05, 3.63) is 11.8 Å². The van der Waals surface area contributed by atoms with Crippen LogP contribution in [-0.4, -0.2) is 26.9 Å². The molecule has 0 saturated carbocycles. The molecule has 0 spiro atoms. The van der Waals surface area contributed by atoms with Gasteiger partial charge in [0.05, 0.1) is 5.60 Å². The average Bonchev–Trinajstić information content (AvgIpc) is 2.47. The molecule has 0 unspecified atom stereocenters. The minimum Gasteiger partial charge on any atom is -0.474 e. The largest absolute Gasteiger partial charge is 0.474 e. The summed E-state index contributed by atoms with van der Waals surface area (Å²) in [4.78, 5) is 10.4. The van der Waals surface area contributed by atoms with Crippen molar-refractivity contribution >= 4 is 5.97 Å². The standard InChI is InChI=1S/C8H12N2O4/c1-8(2,3)13-4-5-9-10-6(14-5)7(11)12/h4H2,1-3H3,(H,11,12). The molecule has 78 valence electrons. The number of carboxylic acids is 1. The molecule has 0 amide bonds. The van der Waals surface area contributed by atoms with Crippen LogP contribution in [0.25, 0.3) is 0 Å². The first-order valence-electron chi connectivity index (χ1n) is 4.08. The molecule has 0 aliphatic rings. The van der Waals surface area contributed by atoms with Crippen molar-refractivity contribution in [1.29, 1.82) is 0 Å². The predicted molar refractivity (Wildman–Crippen MR) is 45.8 cm³/mol. The van der Waals surface area contributed by atoms with Crippen molar-refractivity contribution in [1.82, 2.24) is 10.2 Å². The van der Waals surface area contributed by atoms with E-state index in [2.05, 4.69) is 10.2 Å². The van der Waals surface area contributed by atoms with Crippen LogP contribution in [-0.2, 0) is 11.3 Å². The fourth-order valence-corrected chi connectivity index (χ4v) is 0.677. The number of carboxylic acid groups (broad SMARTS) is 1. The van der Waals surface area contributed by atoms with E-state index in [1.54, 1.807) is 0 Å². The van der Waals surface area contributed by atoms with Crippen LogP contribution in [0.15, 0.2) is 4.42 Å². The van der Waals surface area contributed by atoms with Gasteiger partial charge in [-0.2, -0.15) is 0 Å². The van der Waals surface area contributed by atoms with Gasteiger partial charge in [0.2, 0.25) is 5.89 Å². The van der Waals surface area contributed by atoms with Gasteiger partial charge < -0.3 is 14.3 Å². The lowest BCUT2D eigenvalue weighted by Gasteiger charge is -2.17. The molecule has 1 rings (SSSR count). The van der Waals surface area contributed by atoms with Crippen LogP contribution in [0.4, 0.5) is 0 Å². The third-order valence-electron chi connectivity index (χ3n) is 1.28. The molecule has 6 heteroatoms. The lowest BCUT2D eigenvalue weighted by molar-refractivity contribution is -0.0247. The molecule has 0 saturated heterocycles. The van der Waals surface area contributed by atoms with Gasteiger partial charge in [-0.25, -0.2) is 4.79 Å². The summed E-state index contributed by atoms with van der Waals surface area (Å²) in [6.07, 6.45) is 0. The SMILES string of the molecule is CC(C)(C)OCc1nnc(C(=O)O)o1. The number of aromatic nitrogens is 2. The van der Waals surface area contributed by atoms with Crippen LogP contribution in [0.2, 0.25) is 0 Å². The number of hydrogen-bond acceptors (Lipinski definition) is 5. The number of ether oxygens (including phenoxy) is 1. The van der Waals surface area contributed by atoms with Gasteiger partial charge in [-0.1, -0.05) is 0 Å². The maximum absolute atomic E-state index is 10.4. The van der Waals surface area contributed by atoms with E-state index in [9.17, 15) is 4.79 Å². The van der Waals surface area contributed by atoms with E-state index < -0.39 is 11.9 Å². The first-order valence-corrected chi connectivity index (χ1v) is 4.08. The van der Waals surface area contributed by atoms with Gasteiger partial charge in [-0.3, -0.25) is 0 Å². The highest BCUT2D eigenvalue weighted by Crippen LogP contribution is 2.10. The molecular formula is C8H12N2O4. The highest BCUT2D eigenvalue weighted by Gasteiger charge is 2.16. The van der Waals surface area contributed by atoms with Crippen molar-refractivity contribution in [2.45, 2.75) is 33.0 Å². The second-order valence-corrected chi connectivity index (χ2v) is 3.71. The average molecular weight is 200 g/mol. The number of nitrogens with zero attached hydrogens (tertiary/aromatic N) is 2. The molecule has 6 nitrogen and oxygen atoms in total. The number of hydrogen-bond donors (Lipinski definition) is 1. The Labute approximate surface area is 80.9 Å². The van der Waals surface area contributed by atoms with E-state index in [1.807, 2.05) is 20.8 Å². The zero-order chi connectivity index (χ0) is 10.8. The zero-order valence-electron chi connectivity index (χ0n) is 8.27. The van der Waals surface area contributed by atoms with Gasteiger partial charge in [0.25, 0.3) is 0 Å². The van der Waals surface area contributed by atoms with Crippen LogP contribution in [0.5, 0.6) is 0 Å². The first-order chi connectivity index (χ1) is 6.38. The Kier molecular flexibility index (Phi) is 2.85. The summed E-state index contributed by atoms with van der Waals surface area (Å²) >= 11 is 0. The van der Waals surface area contributed by atoms with E-state index >= 15 is 0 Å². The van der Waals surface area contributed by atoms with Crippen molar-refractivity contribution in [3.63, 3.8) is 0 Å². The fourth-order valence-electron chi connectivity index (χ4n) is 0.677. The minimum absolute atomic E-state index is 0.115. The number of carbonyl (C=O) groups is 1. The fraction of sp³-hybridized carbons (Fsp3) is 0.625. The molecule has 0 atom stereocenters. The second-order valence-electron chi connectivity index (χ2n) is 3.71. The van der Waals surface area contributed by atoms with Crippen molar-refractivity contribution in [3.8, 4) is 0 Å². The molecule has 0 radical (unpaired) electrons. The van der Waals surface area contributed by atoms with E-state index in [1.165, 1.54) is 0 Å². The van der Waals surface area contributed by atoms with Crippen molar-refractivity contribution in [2.75, 3.05) is 0 Å². The van der Waals surface area contributed by atoms with Gasteiger partial charge in [0.15, 0.2) is 0 Å².